The number of rotatable bonds is 5. The molecule has 2 aromatic carbocycles. The Kier molecular flexibility index (Phi) is 4.25. The predicted octanol–water partition coefficient (Wildman–Crippen LogP) is 4.13. The largest absolute Gasteiger partial charge is 0.494 e. The first-order chi connectivity index (χ1) is 11.1. The highest BCUT2D eigenvalue weighted by Gasteiger charge is 2.17. The third-order valence-corrected chi connectivity index (χ3v) is 4.42. The lowest BCUT2D eigenvalue weighted by atomic mass is 10.1. The number of Topliss-reactive ketones (excluding diaryl/α,β-unsaturated/α-hetero) is 1. The van der Waals surface area contributed by atoms with Gasteiger partial charge in [0.25, 0.3) is 0 Å². The Morgan fingerprint density at radius 3 is 2.70 bits per heavy atom. The molecule has 0 aliphatic carbocycles. The van der Waals surface area contributed by atoms with Gasteiger partial charge >= 0.3 is 0 Å². The number of thiazole rings is 1. The number of hydrogen-bond acceptors (Lipinski definition) is 5. The number of ether oxygens (including phenoxy) is 1. The molecular formula is C17H15FN2O2S. The van der Waals surface area contributed by atoms with E-state index in [4.69, 9.17) is 4.74 Å². The lowest BCUT2D eigenvalue weighted by molar-refractivity contribution is 0.0975. The van der Waals surface area contributed by atoms with Gasteiger partial charge in [0, 0.05) is 5.56 Å². The maximum atomic E-state index is 12.9. The van der Waals surface area contributed by atoms with Gasteiger partial charge in [0.15, 0.2) is 10.9 Å². The van der Waals surface area contributed by atoms with Crippen molar-refractivity contribution in [3.63, 3.8) is 0 Å². The van der Waals surface area contributed by atoms with Gasteiger partial charge in [0.2, 0.25) is 0 Å². The Hall–Kier alpha value is -2.47. The van der Waals surface area contributed by atoms with Gasteiger partial charge in [-0.2, -0.15) is 0 Å². The molecule has 6 heteroatoms. The summed E-state index contributed by atoms with van der Waals surface area (Å²) in [4.78, 5) is 16.8. The number of para-hydroxylation sites is 1. The molecule has 1 atom stereocenters. The van der Waals surface area contributed by atoms with Crippen molar-refractivity contribution in [2.45, 2.75) is 13.0 Å². The zero-order valence-corrected chi connectivity index (χ0v) is 13.5. The molecule has 0 saturated carbocycles. The van der Waals surface area contributed by atoms with E-state index in [1.54, 1.807) is 14.0 Å². The standard InChI is InChI=1S/C17H15FN2O2S/c1-10(16(21)11-6-8-12(18)9-7-11)19-17-20-15-13(22-2)4-3-5-14(15)23-17/h3-10H,1-2H3,(H,19,20). The number of nitrogens with zero attached hydrogens (tertiary/aromatic N) is 1. The predicted molar refractivity (Wildman–Crippen MR) is 90.0 cm³/mol. The summed E-state index contributed by atoms with van der Waals surface area (Å²) in [6.07, 6.45) is 0. The number of anilines is 1. The van der Waals surface area contributed by atoms with Crippen LogP contribution in [0.15, 0.2) is 42.5 Å². The molecule has 0 amide bonds. The third kappa shape index (κ3) is 3.17. The summed E-state index contributed by atoms with van der Waals surface area (Å²) >= 11 is 1.46. The maximum absolute atomic E-state index is 12.9. The molecule has 3 rings (SSSR count). The Morgan fingerprint density at radius 1 is 1.26 bits per heavy atom. The highest BCUT2D eigenvalue weighted by molar-refractivity contribution is 7.22. The van der Waals surface area contributed by atoms with Gasteiger partial charge in [0.05, 0.1) is 17.9 Å². The Labute approximate surface area is 136 Å². The first-order valence-corrected chi connectivity index (χ1v) is 7.90. The van der Waals surface area contributed by atoms with Gasteiger partial charge in [-0.1, -0.05) is 17.4 Å². The second-order valence-electron chi connectivity index (χ2n) is 5.06. The highest BCUT2D eigenvalue weighted by atomic mass is 32.1. The molecule has 0 aliphatic heterocycles. The van der Waals surface area contributed by atoms with Crippen LogP contribution in [0.1, 0.15) is 17.3 Å². The molecule has 23 heavy (non-hydrogen) atoms. The van der Waals surface area contributed by atoms with E-state index in [0.717, 1.165) is 10.2 Å². The fraction of sp³-hybridized carbons (Fsp3) is 0.176. The van der Waals surface area contributed by atoms with Crippen molar-refractivity contribution >= 4 is 32.5 Å². The Morgan fingerprint density at radius 2 is 2.00 bits per heavy atom. The van der Waals surface area contributed by atoms with Crippen LogP contribution in [0, 0.1) is 5.82 Å². The Balaban J connectivity index is 1.81. The van der Waals surface area contributed by atoms with Crippen molar-refractivity contribution in [1.82, 2.24) is 4.98 Å². The Bertz CT molecular complexity index is 845. The van der Waals surface area contributed by atoms with Crippen molar-refractivity contribution in [2.24, 2.45) is 0 Å². The van der Waals surface area contributed by atoms with E-state index in [1.165, 1.54) is 35.6 Å². The van der Waals surface area contributed by atoms with Gasteiger partial charge in [-0.15, -0.1) is 0 Å². The lowest BCUT2D eigenvalue weighted by Gasteiger charge is -2.11. The van der Waals surface area contributed by atoms with Crippen LogP contribution < -0.4 is 10.1 Å². The van der Waals surface area contributed by atoms with Gasteiger partial charge in [0.1, 0.15) is 17.1 Å². The number of aromatic nitrogens is 1. The van der Waals surface area contributed by atoms with Crippen molar-refractivity contribution in [3.05, 3.63) is 53.8 Å². The lowest BCUT2D eigenvalue weighted by Crippen LogP contribution is -2.26. The molecule has 0 bridgehead atoms. The van der Waals surface area contributed by atoms with E-state index < -0.39 is 6.04 Å². The summed E-state index contributed by atoms with van der Waals surface area (Å²) in [6.45, 7) is 1.76. The van der Waals surface area contributed by atoms with Crippen molar-refractivity contribution < 1.29 is 13.9 Å². The van der Waals surface area contributed by atoms with Crippen LogP contribution in [0.25, 0.3) is 10.2 Å². The van der Waals surface area contributed by atoms with Crippen LogP contribution in [0.2, 0.25) is 0 Å². The van der Waals surface area contributed by atoms with Crippen LogP contribution in [-0.4, -0.2) is 23.9 Å². The molecule has 1 N–H and O–H groups in total. The number of carbonyl (C=O) groups is 1. The fourth-order valence-corrected chi connectivity index (χ4v) is 3.24. The second kappa shape index (κ2) is 6.34. The molecule has 118 valence electrons. The number of methoxy groups -OCH3 is 1. The van der Waals surface area contributed by atoms with E-state index in [0.29, 0.717) is 16.4 Å². The number of nitrogens with one attached hydrogen (secondary N) is 1. The number of fused-ring (bicyclic) bond motifs is 1. The minimum Gasteiger partial charge on any atom is -0.494 e. The minimum atomic E-state index is -0.466. The molecular weight excluding hydrogens is 315 g/mol. The molecule has 0 radical (unpaired) electrons. The van der Waals surface area contributed by atoms with Gasteiger partial charge in [-0.25, -0.2) is 9.37 Å². The molecule has 0 aliphatic rings. The van der Waals surface area contributed by atoms with Crippen LogP contribution in [0.4, 0.5) is 9.52 Å². The number of hydrogen-bond donors (Lipinski definition) is 1. The van der Waals surface area contributed by atoms with E-state index in [2.05, 4.69) is 10.3 Å². The summed E-state index contributed by atoms with van der Waals surface area (Å²) in [5.74, 6) is 0.223. The molecule has 0 fully saturated rings. The third-order valence-electron chi connectivity index (χ3n) is 3.46. The first kappa shape index (κ1) is 15.4. The van der Waals surface area contributed by atoms with Crippen LogP contribution >= 0.6 is 11.3 Å². The number of benzene rings is 2. The van der Waals surface area contributed by atoms with Gasteiger partial charge < -0.3 is 10.1 Å². The second-order valence-corrected chi connectivity index (χ2v) is 6.09. The quantitative estimate of drug-likeness (QED) is 0.715. The summed E-state index contributed by atoms with van der Waals surface area (Å²) in [5, 5.41) is 3.75. The molecule has 1 heterocycles. The molecule has 0 saturated heterocycles. The van der Waals surface area contributed by atoms with E-state index in [1.807, 2.05) is 18.2 Å². The van der Waals surface area contributed by atoms with Crippen molar-refractivity contribution in [1.29, 1.82) is 0 Å². The summed E-state index contributed by atoms with van der Waals surface area (Å²) in [5.41, 5.74) is 1.23. The summed E-state index contributed by atoms with van der Waals surface area (Å²) < 4.78 is 19.2. The summed E-state index contributed by atoms with van der Waals surface area (Å²) in [6, 6.07) is 10.8. The monoisotopic (exact) mass is 330 g/mol. The van der Waals surface area contributed by atoms with E-state index >= 15 is 0 Å². The van der Waals surface area contributed by atoms with Crippen LogP contribution in [0.3, 0.4) is 0 Å². The van der Waals surface area contributed by atoms with Crippen molar-refractivity contribution in [3.8, 4) is 5.75 Å². The zero-order chi connectivity index (χ0) is 16.4. The minimum absolute atomic E-state index is 0.115. The smallest absolute Gasteiger partial charge is 0.184 e. The highest BCUT2D eigenvalue weighted by Crippen LogP contribution is 2.32. The molecule has 3 aromatic rings. The first-order valence-electron chi connectivity index (χ1n) is 7.08. The summed E-state index contributed by atoms with van der Waals surface area (Å²) in [7, 11) is 1.60. The van der Waals surface area contributed by atoms with E-state index in [-0.39, 0.29) is 11.6 Å². The maximum Gasteiger partial charge on any atom is 0.184 e. The topological polar surface area (TPSA) is 51.2 Å². The van der Waals surface area contributed by atoms with Crippen molar-refractivity contribution in [2.75, 3.05) is 12.4 Å². The van der Waals surface area contributed by atoms with E-state index in [9.17, 15) is 9.18 Å². The van der Waals surface area contributed by atoms with Gasteiger partial charge in [-0.3, -0.25) is 4.79 Å². The molecule has 1 unspecified atom stereocenters. The van der Waals surface area contributed by atoms with Gasteiger partial charge in [-0.05, 0) is 43.3 Å². The molecule has 4 nitrogen and oxygen atoms in total. The molecule has 0 spiro atoms. The number of carbonyl (C=O) groups excluding carboxylic acids is 1. The SMILES string of the molecule is COc1cccc2sc(NC(C)C(=O)c3ccc(F)cc3)nc12. The van der Waals surface area contributed by atoms with Crippen LogP contribution in [-0.2, 0) is 0 Å². The number of halogens is 1. The normalized spacial score (nSPS) is 12.1. The fourth-order valence-electron chi connectivity index (χ4n) is 2.26. The number of ketones is 1. The average Bonchev–Trinajstić information content (AvgIpc) is 2.97. The zero-order valence-electron chi connectivity index (χ0n) is 12.7. The van der Waals surface area contributed by atoms with Crippen LogP contribution in [0.5, 0.6) is 5.75 Å². The molecule has 1 aromatic heterocycles. The average molecular weight is 330 g/mol.